The SMILES string of the molecule is Cn1cc(-c2cnc(Nc3cnc(C#N)c(O)c3)nc2)cn1. The molecule has 8 heteroatoms. The molecule has 8 nitrogen and oxygen atoms in total. The lowest BCUT2D eigenvalue weighted by atomic mass is 10.2. The molecule has 0 fully saturated rings. The highest BCUT2D eigenvalue weighted by Gasteiger charge is 2.06. The molecule has 0 aromatic carbocycles. The Morgan fingerprint density at radius 1 is 1.14 bits per heavy atom. The van der Waals surface area contributed by atoms with Gasteiger partial charge in [0.15, 0.2) is 11.4 Å². The van der Waals surface area contributed by atoms with Crippen molar-refractivity contribution < 1.29 is 5.11 Å². The Labute approximate surface area is 125 Å². The summed E-state index contributed by atoms with van der Waals surface area (Å²) in [5.74, 6) is 0.165. The van der Waals surface area contributed by atoms with Crippen LogP contribution in [0, 0.1) is 11.3 Å². The standard InChI is InChI=1S/C14H11N7O/c1-21-8-10(6-19-21)9-4-17-14(18-5-9)20-11-2-13(22)12(3-15)16-7-11/h2,4-8,22H,1H3,(H,17,18,20). The third-order valence-corrected chi connectivity index (χ3v) is 2.92. The van der Waals surface area contributed by atoms with E-state index in [4.69, 9.17) is 5.26 Å². The van der Waals surface area contributed by atoms with Crippen molar-refractivity contribution in [3.05, 3.63) is 42.7 Å². The van der Waals surface area contributed by atoms with E-state index in [1.165, 1.54) is 12.3 Å². The van der Waals surface area contributed by atoms with E-state index in [9.17, 15) is 5.11 Å². The van der Waals surface area contributed by atoms with Gasteiger partial charge in [0.2, 0.25) is 5.95 Å². The highest BCUT2D eigenvalue weighted by molar-refractivity contribution is 5.61. The number of nitriles is 1. The number of hydrogen-bond donors (Lipinski definition) is 2. The van der Waals surface area contributed by atoms with Crippen LogP contribution in [0.3, 0.4) is 0 Å². The third-order valence-electron chi connectivity index (χ3n) is 2.92. The molecule has 0 amide bonds. The van der Waals surface area contributed by atoms with E-state index in [0.29, 0.717) is 11.6 Å². The van der Waals surface area contributed by atoms with E-state index in [1.807, 2.05) is 13.2 Å². The first-order chi connectivity index (χ1) is 10.7. The molecule has 22 heavy (non-hydrogen) atoms. The maximum Gasteiger partial charge on any atom is 0.227 e. The van der Waals surface area contributed by atoms with Gasteiger partial charge in [-0.2, -0.15) is 10.4 Å². The van der Waals surface area contributed by atoms with Gasteiger partial charge in [-0.3, -0.25) is 4.68 Å². The molecule has 3 heterocycles. The van der Waals surface area contributed by atoms with Gasteiger partial charge in [0.1, 0.15) is 6.07 Å². The van der Waals surface area contributed by atoms with Gasteiger partial charge in [-0.15, -0.1) is 0 Å². The number of rotatable bonds is 3. The smallest absolute Gasteiger partial charge is 0.227 e. The van der Waals surface area contributed by atoms with E-state index in [1.54, 1.807) is 29.3 Å². The average Bonchev–Trinajstić information content (AvgIpc) is 2.95. The van der Waals surface area contributed by atoms with Gasteiger partial charge >= 0.3 is 0 Å². The topological polar surface area (TPSA) is 113 Å². The van der Waals surface area contributed by atoms with Crippen molar-refractivity contribution in [1.29, 1.82) is 5.26 Å². The molecule has 3 aromatic rings. The Morgan fingerprint density at radius 3 is 2.50 bits per heavy atom. The van der Waals surface area contributed by atoms with E-state index in [2.05, 4.69) is 25.4 Å². The highest BCUT2D eigenvalue weighted by Crippen LogP contribution is 2.21. The fourth-order valence-corrected chi connectivity index (χ4v) is 1.85. The zero-order valence-corrected chi connectivity index (χ0v) is 11.6. The van der Waals surface area contributed by atoms with Gasteiger partial charge in [0.05, 0.1) is 18.1 Å². The van der Waals surface area contributed by atoms with E-state index >= 15 is 0 Å². The summed E-state index contributed by atoms with van der Waals surface area (Å²) in [5, 5.41) is 25.3. The molecule has 3 aromatic heterocycles. The molecule has 0 aliphatic rings. The Hall–Kier alpha value is -3.47. The normalized spacial score (nSPS) is 10.2. The number of anilines is 2. The van der Waals surface area contributed by atoms with Crippen molar-refractivity contribution in [2.75, 3.05) is 5.32 Å². The predicted octanol–water partition coefficient (Wildman–Crippen LogP) is 1.59. The third kappa shape index (κ3) is 2.69. The largest absolute Gasteiger partial charge is 0.505 e. The summed E-state index contributed by atoms with van der Waals surface area (Å²) >= 11 is 0. The van der Waals surface area contributed by atoms with Crippen LogP contribution in [0.5, 0.6) is 5.75 Å². The second-order valence-corrected chi connectivity index (χ2v) is 4.53. The van der Waals surface area contributed by atoms with Crippen LogP contribution in [0.1, 0.15) is 5.69 Å². The Balaban J connectivity index is 1.79. The van der Waals surface area contributed by atoms with Crippen LogP contribution in [0.15, 0.2) is 37.1 Å². The monoisotopic (exact) mass is 293 g/mol. The molecule has 0 aliphatic carbocycles. The van der Waals surface area contributed by atoms with Gasteiger partial charge in [-0.05, 0) is 0 Å². The second-order valence-electron chi connectivity index (χ2n) is 4.53. The molecule has 0 bridgehead atoms. The maximum atomic E-state index is 9.59. The van der Waals surface area contributed by atoms with Crippen LogP contribution in [-0.4, -0.2) is 29.8 Å². The summed E-state index contributed by atoms with van der Waals surface area (Å²) in [6.45, 7) is 0. The first kappa shape index (κ1) is 13.5. The van der Waals surface area contributed by atoms with Crippen LogP contribution >= 0.6 is 0 Å². The van der Waals surface area contributed by atoms with Crippen molar-refractivity contribution in [1.82, 2.24) is 24.7 Å². The Kier molecular flexibility index (Phi) is 3.37. The predicted molar refractivity (Wildman–Crippen MR) is 78.1 cm³/mol. The number of hydrogen-bond acceptors (Lipinski definition) is 7. The van der Waals surface area contributed by atoms with Crippen molar-refractivity contribution in [2.45, 2.75) is 0 Å². The number of aryl methyl sites for hydroxylation is 1. The minimum Gasteiger partial charge on any atom is -0.505 e. The van der Waals surface area contributed by atoms with Crippen molar-refractivity contribution in [3.8, 4) is 22.9 Å². The van der Waals surface area contributed by atoms with Gasteiger partial charge in [0, 0.05) is 42.8 Å². The average molecular weight is 293 g/mol. The first-order valence-corrected chi connectivity index (χ1v) is 6.33. The second kappa shape index (κ2) is 5.49. The quantitative estimate of drug-likeness (QED) is 0.754. The van der Waals surface area contributed by atoms with Crippen molar-refractivity contribution in [3.63, 3.8) is 0 Å². The van der Waals surface area contributed by atoms with Crippen LogP contribution in [0.2, 0.25) is 0 Å². The van der Waals surface area contributed by atoms with Crippen LogP contribution < -0.4 is 5.32 Å². The van der Waals surface area contributed by atoms with E-state index < -0.39 is 0 Å². The lowest BCUT2D eigenvalue weighted by Crippen LogP contribution is -1.98. The minimum absolute atomic E-state index is 0.0293. The number of aromatic nitrogens is 5. The van der Waals surface area contributed by atoms with Crippen LogP contribution in [0.25, 0.3) is 11.1 Å². The molecule has 3 rings (SSSR count). The summed E-state index contributed by atoms with van der Waals surface area (Å²) < 4.78 is 1.70. The molecule has 2 N–H and O–H groups in total. The van der Waals surface area contributed by atoms with Crippen LogP contribution in [0.4, 0.5) is 11.6 Å². The lowest BCUT2D eigenvalue weighted by Gasteiger charge is -2.05. The maximum absolute atomic E-state index is 9.59. The highest BCUT2D eigenvalue weighted by atomic mass is 16.3. The van der Waals surface area contributed by atoms with E-state index in [0.717, 1.165) is 11.1 Å². The molecule has 0 saturated heterocycles. The molecule has 0 aliphatic heterocycles. The molecule has 0 radical (unpaired) electrons. The van der Waals surface area contributed by atoms with Crippen molar-refractivity contribution >= 4 is 11.6 Å². The number of nitrogens with zero attached hydrogens (tertiary/aromatic N) is 6. The molecular weight excluding hydrogens is 282 g/mol. The summed E-state index contributed by atoms with van der Waals surface area (Å²) in [6.07, 6.45) is 8.37. The fourth-order valence-electron chi connectivity index (χ4n) is 1.85. The molecule has 0 spiro atoms. The van der Waals surface area contributed by atoms with Crippen molar-refractivity contribution in [2.24, 2.45) is 7.05 Å². The Morgan fingerprint density at radius 2 is 1.91 bits per heavy atom. The van der Waals surface area contributed by atoms with Crippen LogP contribution in [-0.2, 0) is 7.05 Å². The van der Waals surface area contributed by atoms with Gasteiger partial charge < -0.3 is 10.4 Å². The zero-order chi connectivity index (χ0) is 15.5. The molecule has 0 atom stereocenters. The number of nitrogens with one attached hydrogen (secondary N) is 1. The zero-order valence-electron chi connectivity index (χ0n) is 11.6. The molecule has 108 valence electrons. The van der Waals surface area contributed by atoms with Gasteiger partial charge in [-0.25, -0.2) is 15.0 Å². The summed E-state index contributed by atoms with van der Waals surface area (Å²) in [4.78, 5) is 12.2. The lowest BCUT2D eigenvalue weighted by molar-refractivity contribution is 0.471. The van der Waals surface area contributed by atoms with Gasteiger partial charge in [0.25, 0.3) is 0 Å². The molecule has 0 saturated carbocycles. The summed E-state index contributed by atoms with van der Waals surface area (Å²) in [7, 11) is 1.84. The van der Waals surface area contributed by atoms with Gasteiger partial charge in [-0.1, -0.05) is 0 Å². The Bertz CT molecular complexity index is 848. The number of aromatic hydroxyl groups is 1. The minimum atomic E-state index is -0.195. The summed E-state index contributed by atoms with van der Waals surface area (Å²) in [6, 6.07) is 3.18. The first-order valence-electron chi connectivity index (χ1n) is 6.33. The van der Waals surface area contributed by atoms with E-state index in [-0.39, 0.29) is 11.4 Å². The fraction of sp³-hybridized carbons (Fsp3) is 0.0714. The summed E-state index contributed by atoms with van der Waals surface area (Å²) in [5.41, 5.74) is 2.23. The molecule has 0 unspecified atom stereocenters. The molecular formula is C14H11N7O. The number of pyridine rings is 1.